The summed E-state index contributed by atoms with van der Waals surface area (Å²) >= 11 is 0. The van der Waals surface area contributed by atoms with Crippen molar-refractivity contribution in [2.75, 3.05) is 26.2 Å². The fourth-order valence-corrected chi connectivity index (χ4v) is 2.38. The minimum absolute atomic E-state index is 0.0993. The molecule has 1 aliphatic carbocycles. The van der Waals surface area contributed by atoms with Crippen LogP contribution in [0.3, 0.4) is 0 Å². The zero-order valence-electron chi connectivity index (χ0n) is 11.6. The lowest BCUT2D eigenvalue weighted by molar-refractivity contribution is -0.144. The van der Waals surface area contributed by atoms with E-state index in [0.29, 0.717) is 19.1 Å². The number of rotatable bonds is 5. The number of nitrogens with zero attached hydrogens (tertiary/aromatic N) is 2. The number of carboxylic acid groups (broad SMARTS) is 1. The third kappa shape index (κ3) is 3.67. The molecule has 2 fully saturated rings. The van der Waals surface area contributed by atoms with Crippen molar-refractivity contribution in [3.05, 3.63) is 0 Å². The van der Waals surface area contributed by atoms with E-state index in [0.717, 1.165) is 25.9 Å². The molecule has 19 heavy (non-hydrogen) atoms. The number of amides is 1. The van der Waals surface area contributed by atoms with Crippen molar-refractivity contribution in [1.29, 1.82) is 0 Å². The van der Waals surface area contributed by atoms with E-state index in [1.165, 1.54) is 0 Å². The Labute approximate surface area is 113 Å². The molecule has 6 nitrogen and oxygen atoms in total. The van der Waals surface area contributed by atoms with Crippen LogP contribution in [0.4, 0.5) is 0 Å². The maximum atomic E-state index is 12.0. The van der Waals surface area contributed by atoms with Crippen molar-refractivity contribution in [3.63, 3.8) is 0 Å². The van der Waals surface area contributed by atoms with E-state index in [9.17, 15) is 9.59 Å². The highest BCUT2D eigenvalue weighted by atomic mass is 16.4. The van der Waals surface area contributed by atoms with Gasteiger partial charge in [0.25, 0.3) is 0 Å². The summed E-state index contributed by atoms with van der Waals surface area (Å²) < 4.78 is 0. The number of carbonyl (C=O) groups is 2. The smallest absolute Gasteiger partial charge is 0.320 e. The highest BCUT2D eigenvalue weighted by molar-refractivity contribution is 5.81. The van der Waals surface area contributed by atoms with Crippen molar-refractivity contribution in [3.8, 4) is 0 Å². The molecule has 2 rings (SSSR count). The van der Waals surface area contributed by atoms with Crippen LogP contribution < -0.4 is 5.32 Å². The molecule has 0 radical (unpaired) electrons. The van der Waals surface area contributed by atoms with Crippen molar-refractivity contribution in [2.45, 2.75) is 44.8 Å². The van der Waals surface area contributed by atoms with Crippen LogP contribution in [0.25, 0.3) is 0 Å². The maximum Gasteiger partial charge on any atom is 0.320 e. The standard InChI is InChI=1S/C13H23N3O3/c1-9(12(17)14-11-3-4-11)15-5-7-16(8-6-15)10(2)13(18)19/h9-11H,3-8H2,1-2H3,(H,14,17)(H,18,19). The molecular weight excluding hydrogens is 246 g/mol. The van der Waals surface area contributed by atoms with Crippen molar-refractivity contribution in [2.24, 2.45) is 0 Å². The average molecular weight is 269 g/mol. The van der Waals surface area contributed by atoms with Gasteiger partial charge in [0.2, 0.25) is 5.91 Å². The zero-order valence-corrected chi connectivity index (χ0v) is 11.6. The van der Waals surface area contributed by atoms with Crippen LogP contribution >= 0.6 is 0 Å². The Hall–Kier alpha value is -1.14. The van der Waals surface area contributed by atoms with Gasteiger partial charge >= 0.3 is 5.97 Å². The molecule has 0 aromatic rings. The highest BCUT2D eigenvalue weighted by Gasteiger charge is 2.31. The number of carbonyl (C=O) groups excluding carboxylic acids is 1. The molecule has 0 aromatic carbocycles. The maximum absolute atomic E-state index is 12.0. The Kier molecular flexibility index (Phi) is 4.42. The van der Waals surface area contributed by atoms with E-state index < -0.39 is 12.0 Å². The van der Waals surface area contributed by atoms with Gasteiger partial charge in [0.05, 0.1) is 6.04 Å². The third-order valence-electron chi connectivity index (χ3n) is 4.10. The number of aliphatic carboxylic acids is 1. The number of hydrogen-bond donors (Lipinski definition) is 2. The molecule has 0 aromatic heterocycles. The van der Waals surface area contributed by atoms with Gasteiger partial charge < -0.3 is 10.4 Å². The highest BCUT2D eigenvalue weighted by Crippen LogP contribution is 2.19. The van der Waals surface area contributed by atoms with E-state index >= 15 is 0 Å². The minimum atomic E-state index is -0.784. The average Bonchev–Trinajstić information content (AvgIpc) is 3.21. The van der Waals surface area contributed by atoms with Crippen molar-refractivity contribution in [1.82, 2.24) is 15.1 Å². The predicted octanol–water partition coefficient (Wildman–Crippen LogP) is -0.256. The van der Waals surface area contributed by atoms with Gasteiger partial charge in [-0.1, -0.05) is 0 Å². The summed E-state index contributed by atoms with van der Waals surface area (Å²) in [5.74, 6) is -0.685. The van der Waals surface area contributed by atoms with Crippen molar-refractivity contribution < 1.29 is 14.7 Å². The monoisotopic (exact) mass is 269 g/mol. The molecule has 0 bridgehead atoms. The van der Waals surface area contributed by atoms with Gasteiger partial charge in [-0.2, -0.15) is 0 Å². The minimum Gasteiger partial charge on any atom is -0.480 e. The second kappa shape index (κ2) is 5.88. The first kappa shape index (κ1) is 14.3. The van der Waals surface area contributed by atoms with Gasteiger partial charge in [0.15, 0.2) is 0 Å². The van der Waals surface area contributed by atoms with Gasteiger partial charge in [-0.25, -0.2) is 0 Å². The summed E-state index contributed by atoms with van der Waals surface area (Å²) in [6.07, 6.45) is 2.20. The number of piperazine rings is 1. The molecule has 1 aliphatic heterocycles. The number of hydrogen-bond acceptors (Lipinski definition) is 4. The van der Waals surface area contributed by atoms with Gasteiger partial charge in [-0.15, -0.1) is 0 Å². The van der Waals surface area contributed by atoms with Crippen LogP contribution in [0.2, 0.25) is 0 Å². The second-order valence-corrected chi connectivity index (χ2v) is 5.54. The SMILES string of the molecule is CC(C(=O)O)N1CCN(C(C)C(=O)NC2CC2)CC1. The normalized spacial score (nSPS) is 24.7. The van der Waals surface area contributed by atoms with Gasteiger partial charge in [-0.3, -0.25) is 19.4 Å². The first-order chi connectivity index (χ1) is 8.99. The second-order valence-electron chi connectivity index (χ2n) is 5.54. The molecule has 2 N–H and O–H groups in total. The topological polar surface area (TPSA) is 72.9 Å². The van der Waals surface area contributed by atoms with E-state index in [-0.39, 0.29) is 11.9 Å². The first-order valence-corrected chi connectivity index (χ1v) is 7.00. The summed E-state index contributed by atoms with van der Waals surface area (Å²) in [5.41, 5.74) is 0. The molecule has 1 saturated heterocycles. The summed E-state index contributed by atoms with van der Waals surface area (Å²) in [5, 5.41) is 12.0. The van der Waals surface area contributed by atoms with E-state index in [2.05, 4.69) is 10.2 Å². The Morgan fingerprint density at radius 3 is 1.95 bits per heavy atom. The molecule has 6 heteroatoms. The molecular formula is C13H23N3O3. The Balaban J connectivity index is 1.78. The fourth-order valence-electron chi connectivity index (χ4n) is 2.38. The Bertz CT molecular complexity index is 349. The quantitative estimate of drug-likeness (QED) is 0.720. The predicted molar refractivity (Wildman–Crippen MR) is 70.9 cm³/mol. The van der Waals surface area contributed by atoms with Crippen molar-refractivity contribution >= 4 is 11.9 Å². The zero-order chi connectivity index (χ0) is 14.0. The summed E-state index contributed by atoms with van der Waals surface area (Å²) in [6, 6.07) is -0.177. The fraction of sp³-hybridized carbons (Fsp3) is 0.846. The van der Waals surface area contributed by atoms with Crippen LogP contribution in [-0.2, 0) is 9.59 Å². The van der Waals surface area contributed by atoms with Crippen LogP contribution in [0.1, 0.15) is 26.7 Å². The molecule has 2 aliphatic rings. The molecule has 1 amide bonds. The third-order valence-corrected chi connectivity index (χ3v) is 4.10. The lowest BCUT2D eigenvalue weighted by atomic mass is 10.2. The summed E-state index contributed by atoms with van der Waals surface area (Å²) in [4.78, 5) is 27.0. The van der Waals surface area contributed by atoms with Gasteiger partial charge in [-0.05, 0) is 26.7 Å². The molecule has 2 atom stereocenters. The van der Waals surface area contributed by atoms with E-state index in [4.69, 9.17) is 5.11 Å². The number of carboxylic acids is 1. The van der Waals surface area contributed by atoms with E-state index in [1.807, 2.05) is 11.8 Å². The lowest BCUT2D eigenvalue weighted by Crippen LogP contribution is -2.56. The first-order valence-electron chi connectivity index (χ1n) is 7.00. The summed E-state index contributed by atoms with van der Waals surface area (Å²) in [6.45, 7) is 6.53. The number of nitrogens with one attached hydrogen (secondary N) is 1. The Morgan fingerprint density at radius 2 is 1.53 bits per heavy atom. The van der Waals surface area contributed by atoms with Crippen LogP contribution in [0, 0.1) is 0 Å². The van der Waals surface area contributed by atoms with Crippen LogP contribution in [0.5, 0.6) is 0 Å². The van der Waals surface area contributed by atoms with Gasteiger partial charge in [0, 0.05) is 32.2 Å². The lowest BCUT2D eigenvalue weighted by Gasteiger charge is -2.38. The molecule has 108 valence electrons. The molecule has 1 saturated carbocycles. The van der Waals surface area contributed by atoms with E-state index in [1.54, 1.807) is 6.92 Å². The summed E-state index contributed by atoms with van der Waals surface area (Å²) in [7, 11) is 0. The Morgan fingerprint density at radius 1 is 1.05 bits per heavy atom. The van der Waals surface area contributed by atoms with Crippen LogP contribution in [0.15, 0.2) is 0 Å². The van der Waals surface area contributed by atoms with Gasteiger partial charge in [0.1, 0.15) is 6.04 Å². The molecule has 0 spiro atoms. The molecule has 1 heterocycles. The molecule has 2 unspecified atom stereocenters. The van der Waals surface area contributed by atoms with Crippen LogP contribution in [-0.4, -0.2) is 71.1 Å². The largest absolute Gasteiger partial charge is 0.480 e.